The molecule has 1 aromatic carbocycles. The summed E-state index contributed by atoms with van der Waals surface area (Å²) in [4.78, 5) is 14.3. The molecule has 1 amide bonds. The van der Waals surface area contributed by atoms with Crippen LogP contribution < -0.4 is 5.43 Å². The number of amides is 1. The van der Waals surface area contributed by atoms with Crippen molar-refractivity contribution in [2.24, 2.45) is 5.10 Å². The van der Waals surface area contributed by atoms with Crippen molar-refractivity contribution in [3.8, 4) is 0 Å². The minimum atomic E-state index is -1.17. The molecule has 1 aromatic rings. The summed E-state index contributed by atoms with van der Waals surface area (Å²) in [6.07, 6.45) is 0.547. The van der Waals surface area contributed by atoms with E-state index in [4.69, 9.17) is 0 Å². The van der Waals surface area contributed by atoms with Crippen LogP contribution in [0.2, 0.25) is 0 Å². The Morgan fingerprint density at radius 1 is 1.24 bits per heavy atom. The third-order valence-corrected chi connectivity index (χ3v) is 3.79. The lowest BCUT2D eigenvalue weighted by atomic mass is 10.1. The number of hydrogen-bond donors (Lipinski definition) is 2. The Morgan fingerprint density at radius 2 is 1.86 bits per heavy atom. The Labute approximate surface area is 125 Å². The quantitative estimate of drug-likeness (QED) is 0.829. The summed E-state index contributed by atoms with van der Waals surface area (Å²) < 4.78 is 0. The molecule has 0 bridgehead atoms. The highest BCUT2D eigenvalue weighted by atomic mass is 16.3. The molecule has 1 saturated heterocycles. The number of benzene rings is 1. The maximum atomic E-state index is 11.9. The predicted molar refractivity (Wildman–Crippen MR) is 82.9 cm³/mol. The smallest absolute Gasteiger partial charge is 0.273 e. The lowest BCUT2D eigenvalue weighted by molar-refractivity contribution is -0.129. The number of aliphatic hydroxyl groups excluding tert-OH is 1. The van der Waals surface area contributed by atoms with Gasteiger partial charge in [0.15, 0.2) is 6.10 Å². The zero-order chi connectivity index (χ0) is 15.2. The maximum Gasteiger partial charge on any atom is 0.273 e. The molecule has 0 saturated carbocycles. The molecule has 2 rings (SSSR count). The molecule has 2 N–H and O–H groups in total. The summed E-state index contributed by atoms with van der Waals surface area (Å²) in [7, 11) is 0. The van der Waals surface area contributed by atoms with Crippen LogP contribution in [0.3, 0.4) is 0 Å². The molecule has 1 aliphatic heterocycles. The fourth-order valence-electron chi connectivity index (χ4n) is 2.39. The second-order valence-corrected chi connectivity index (χ2v) is 5.60. The summed E-state index contributed by atoms with van der Waals surface area (Å²) in [5.74, 6) is -0.486. The standard InChI is InChI=1S/C16H23N3O2/c1-12(2)19-10-8-14(9-11-19)17-18-16(21)15(20)13-6-4-3-5-7-13/h3-7,12,15,20H,8-11H2,1-2H3,(H,18,21). The molecule has 0 spiro atoms. The number of piperidine rings is 1. The van der Waals surface area contributed by atoms with E-state index in [9.17, 15) is 9.90 Å². The van der Waals surface area contributed by atoms with E-state index in [2.05, 4.69) is 29.3 Å². The zero-order valence-electron chi connectivity index (χ0n) is 12.6. The van der Waals surface area contributed by atoms with Crippen molar-refractivity contribution in [1.82, 2.24) is 10.3 Å². The molecular formula is C16H23N3O2. The van der Waals surface area contributed by atoms with E-state index in [1.807, 2.05) is 6.07 Å². The van der Waals surface area contributed by atoms with Crippen LogP contribution in [0, 0.1) is 0 Å². The zero-order valence-corrected chi connectivity index (χ0v) is 12.6. The van der Waals surface area contributed by atoms with Crippen LogP contribution in [0.5, 0.6) is 0 Å². The normalized spacial score (nSPS) is 17.6. The Morgan fingerprint density at radius 3 is 2.43 bits per heavy atom. The van der Waals surface area contributed by atoms with Gasteiger partial charge in [0, 0.05) is 37.7 Å². The van der Waals surface area contributed by atoms with E-state index in [0.29, 0.717) is 11.6 Å². The Bertz CT molecular complexity index is 490. The maximum absolute atomic E-state index is 11.9. The average molecular weight is 289 g/mol. The first kappa shape index (κ1) is 15.7. The molecule has 1 heterocycles. The topological polar surface area (TPSA) is 64.9 Å². The fraction of sp³-hybridized carbons (Fsp3) is 0.500. The number of rotatable bonds is 4. The number of aliphatic hydroxyl groups is 1. The number of hydrogen-bond acceptors (Lipinski definition) is 4. The summed E-state index contributed by atoms with van der Waals surface area (Å²) in [5, 5.41) is 14.1. The number of carbonyl (C=O) groups is 1. The molecule has 0 aromatic heterocycles. The average Bonchev–Trinajstić information content (AvgIpc) is 2.53. The molecule has 1 fully saturated rings. The van der Waals surface area contributed by atoms with Gasteiger partial charge in [0.1, 0.15) is 0 Å². The van der Waals surface area contributed by atoms with Crippen LogP contribution in [-0.2, 0) is 4.79 Å². The van der Waals surface area contributed by atoms with Crippen molar-refractivity contribution >= 4 is 11.6 Å². The van der Waals surface area contributed by atoms with Crippen molar-refractivity contribution in [1.29, 1.82) is 0 Å². The molecular weight excluding hydrogens is 266 g/mol. The largest absolute Gasteiger partial charge is 0.378 e. The van der Waals surface area contributed by atoms with Gasteiger partial charge >= 0.3 is 0 Å². The highest BCUT2D eigenvalue weighted by molar-refractivity contribution is 5.88. The third kappa shape index (κ3) is 4.37. The van der Waals surface area contributed by atoms with Crippen LogP contribution in [0.15, 0.2) is 35.4 Å². The number of nitrogens with one attached hydrogen (secondary N) is 1. The molecule has 0 aliphatic carbocycles. The van der Waals surface area contributed by atoms with Gasteiger partial charge in [0.25, 0.3) is 5.91 Å². The minimum absolute atomic E-state index is 0.486. The van der Waals surface area contributed by atoms with Crippen molar-refractivity contribution in [3.63, 3.8) is 0 Å². The van der Waals surface area contributed by atoms with Crippen molar-refractivity contribution in [3.05, 3.63) is 35.9 Å². The van der Waals surface area contributed by atoms with Gasteiger partial charge in [-0.3, -0.25) is 4.79 Å². The SMILES string of the molecule is CC(C)N1CCC(=NNC(=O)C(O)c2ccccc2)CC1. The summed E-state index contributed by atoms with van der Waals surface area (Å²) in [6.45, 7) is 6.29. The highest BCUT2D eigenvalue weighted by Crippen LogP contribution is 2.13. The number of carbonyl (C=O) groups excluding carboxylic acids is 1. The van der Waals surface area contributed by atoms with Crippen LogP contribution in [-0.4, -0.2) is 40.8 Å². The second kappa shape index (κ2) is 7.33. The van der Waals surface area contributed by atoms with Gasteiger partial charge in [0.05, 0.1) is 0 Å². The summed E-state index contributed by atoms with van der Waals surface area (Å²) in [5.41, 5.74) is 4.04. The van der Waals surface area contributed by atoms with Gasteiger partial charge in [-0.25, -0.2) is 5.43 Å². The molecule has 114 valence electrons. The van der Waals surface area contributed by atoms with Gasteiger partial charge in [0.2, 0.25) is 0 Å². The molecule has 1 unspecified atom stereocenters. The van der Waals surface area contributed by atoms with Gasteiger partial charge in [-0.1, -0.05) is 30.3 Å². The van der Waals surface area contributed by atoms with E-state index >= 15 is 0 Å². The van der Waals surface area contributed by atoms with Gasteiger partial charge in [-0.15, -0.1) is 0 Å². The van der Waals surface area contributed by atoms with Crippen molar-refractivity contribution in [2.45, 2.75) is 38.8 Å². The van der Waals surface area contributed by atoms with Crippen LogP contribution in [0.4, 0.5) is 0 Å². The predicted octanol–water partition coefficient (Wildman–Crippen LogP) is 1.70. The monoisotopic (exact) mass is 289 g/mol. The number of hydrazone groups is 1. The van der Waals surface area contributed by atoms with Gasteiger partial charge in [-0.2, -0.15) is 5.10 Å². The highest BCUT2D eigenvalue weighted by Gasteiger charge is 2.19. The van der Waals surface area contributed by atoms with E-state index < -0.39 is 12.0 Å². The van der Waals surface area contributed by atoms with Crippen LogP contribution in [0.25, 0.3) is 0 Å². The molecule has 1 atom stereocenters. The van der Waals surface area contributed by atoms with E-state index in [0.717, 1.165) is 31.6 Å². The number of likely N-dealkylation sites (tertiary alicyclic amines) is 1. The van der Waals surface area contributed by atoms with Gasteiger partial charge < -0.3 is 10.0 Å². The Hall–Kier alpha value is -1.72. The minimum Gasteiger partial charge on any atom is -0.378 e. The number of nitrogens with zero attached hydrogens (tertiary/aromatic N) is 2. The van der Waals surface area contributed by atoms with E-state index in [-0.39, 0.29) is 0 Å². The first-order chi connectivity index (χ1) is 10.1. The van der Waals surface area contributed by atoms with Crippen LogP contribution >= 0.6 is 0 Å². The van der Waals surface area contributed by atoms with Crippen molar-refractivity contribution in [2.75, 3.05) is 13.1 Å². The second-order valence-electron chi connectivity index (χ2n) is 5.60. The Balaban J connectivity index is 1.85. The lowest BCUT2D eigenvalue weighted by Gasteiger charge is -2.30. The molecule has 1 aliphatic rings. The fourth-order valence-corrected chi connectivity index (χ4v) is 2.39. The lowest BCUT2D eigenvalue weighted by Crippen LogP contribution is -2.39. The molecule has 5 heteroatoms. The first-order valence-corrected chi connectivity index (χ1v) is 7.40. The summed E-state index contributed by atoms with van der Waals surface area (Å²) >= 11 is 0. The van der Waals surface area contributed by atoms with Crippen molar-refractivity contribution < 1.29 is 9.90 Å². The molecule has 21 heavy (non-hydrogen) atoms. The molecule has 5 nitrogen and oxygen atoms in total. The Kier molecular flexibility index (Phi) is 5.47. The first-order valence-electron chi connectivity index (χ1n) is 7.40. The van der Waals surface area contributed by atoms with E-state index in [1.54, 1.807) is 24.3 Å². The van der Waals surface area contributed by atoms with Gasteiger partial charge in [-0.05, 0) is 19.4 Å². The third-order valence-electron chi connectivity index (χ3n) is 3.79. The molecule has 0 radical (unpaired) electrons. The van der Waals surface area contributed by atoms with E-state index in [1.165, 1.54) is 0 Å². The summed E-state index contributed by atoms with van der Waals surface area (Å²) in [6, 6.07) is 9.41. The van der Waals surface area contributed by atoms with Crippen LogP contribution in [0.1, 0.15) is 38.4 Å².